The van der Waals surface area contributed by atoms with Gasteiger partial charge in [0.05, 0.1) is 5.69 Å². The number of anilines is 1. The molecule has 2 rings (SSSR count). The van der Waals surface area contributed by atoms with E-state index in [1.165, 1.54) is 0 Å². The summed E-state index contributed by atoms with van der Waals surface area (Å²) in [5, 5.41) is 15.4. The monoisotopic (exact) mass is 316 g/mol. The van der Waals surface area contributed by atoms with Gasteiger partial charge in [-0.1, -0.05) is 31.1 Å². The average Bonchev–Trinajstić information content (AvgIpc) is 2.88. The van der Waals surface area contributed by atoms with Crippen LogP contribution in [0.2, 0.25) is 0 Å². The maximum atomic E-state index is 12.4. The van der Waals surface area contributed by atoms with Crippen molar-refractivity contribution in [2.24, 2.45) is 0 Å². The zero-order valence-corrected chi connectivity index (χ0v) is 13.4. The molecule has 2 aromatic rings. The van der Waals surface area contributed by atoms with Gasteiger partial charge in [0.15, 0.2) is 5.76 Å². The lowest BCUT2D eigenvalue weighted by Gasteiger charge is -2.08. The van der Waals surface area contributed by atoms with E-state index in [4.69, 9.17) is 9.63 Å². The van der Waals surface area contributed by atoms with Crippen molar-refractivity contribution in [3.8, 4) is 0 Å². The quantitative estimate of drug-likeness (QED) is 0.852. The number of nitrogens with zero attached hydrogens (tertiary/aromatic N) is 1. The minimum Gasteiger partial charge on any atom is -0.481 e. The number of benzene rings is 1. The molecule has 6 heteroatoms. The molecule has 0 unspecified atom stereocenters. The van der Waals surface area contributed by atoms with Gasteiger partial charge in [-0.15, -0.1) is 0 Å². The largest absolute Gasteiger partial charge is 0.481 e. The minimum absolute atomic E-state index is 0.0651. The SMILES string of the molecule is Cc1noc(C(C)C)c1C(=O)Nc1ccc(CCC(=O)O)cc1. The van der Waals surface area contributed by atoms with Crippen molar-refractivity contribution < 1.29 is 19.2 Å². The molecule has 6 nitrogen and oxygen atoms in total. The minimum atomic E-state index is -0.827. The number of hydrogen-bond acceptors (Lipinski definition) is 4. The molecule has 1 heterocycles. The summed E-state index contributed by atoms with van der Waals surface area (Å²) >= 11 is 0. The van der Waals surface area contributed by atoms with Crippen LogP contribution in [0.3, 0.4) is 0 Å². The van der Waals surface area contributed by atoms with E-state index in [-0.39, 0.29) is 18.2 Å². The van der Waals surface area contributed by atoms with E-state index in [0.29, 0.717) is 29.1 Å². The highest BCUT2D eigenvalue weighted by molar-refractivity contribution is 6.05. The molecular formula is C17H20N2O4. The van der Waals surface area contributed by atoms with Crippen LogP contribution in [-0.2, 0) is 11.2 Å². The van der Waals surface area contributed by atoms with Crippen molar-refractivity contribution in [1.29, 1.82) is 0 Å². The molecule has 2 N–H and O–H groups in total. The molecule has 0 atom stereocenters. The van der Waals surface area contributed by atoms with Crippen LogP contribution in [0.1, 0.15) is 53.6 Å². The highest BCUT2D eigenvalue weighted by Crippen LogP contribution is 2.23. The summed E-state index contributed by atoms with van der Waals surface area (Å²) in [7, 11) is 0. The molecule has 1 amide bonds. The Kier molecular flexibility index (Phi) is 5.16. The molecule has 0 aliphatic rings. The van der Waals surface area contributed by atoms with Gasteiger partial charge in [-0.2, -0.15) is 0 Å². The fourth-order valence-electron chi connectivity index (χ4n) is 2.26. The van der Waals surface area contributed by atoms with E-state index < -0.39 is 5.97 Å². The van der Waals surface area contributed by atoms with Crippen molar-refractivity contribution in [3.05, 3.63) is 46.8 Å². The first-order chi connectivity index (χ1) is 10.9. The molecule has 0 aliphatic heterocycles. The molecule has 1 aromatic heterocycles. The van der Waals surface area contributed by atoms with Gasteiger partial charge >= 0.3 is 5.97 Å². The first-order valence-corrected chi connectivity index (χ1v) is 7.46. The number of nitrogens with one attached hydrogen (secondary N) is 1. The second-order valence-corrected chi connectivity index (χ2v) is 5.71. The lowest BCUT2D eigenvalue weighted by molar-refractivity contribution is -0.136. The van der Waals surface area contributed by atoms with Crippen molar-refractivity contribution in [3.63, 3.8) is 0 Å². The molecule has 0 radical (unpaired) electrons. The summed E-state index contributed by atoms with van der Waals surface area (Å²) < 4.78 is 5.22. The van der Waals surface area contributed by atoms with Gasteiger partial charge < -0.3 is 14.9 Å². The smallest absolute Gasteiger partial charge is 0.303 e. The standard InChI is InChI=1S/C17H20N2O4/c1-10(2)16-15(11(3)19-23-16)17(22)18-13-7-4-12(5-8-13)6-9-14(20)21/h4-5,7-8,10H,6,9H2,1-3H3,(H,18,22)(H,20,21). The highest BCUT2D eigenvalue weighted by atomic mass is 16.5. The number of carboxylic acid groups (broad SMARTS) is 1. The van der Waals surface area contributed by atoms with E-state index in [1.807, 2.05) is 26.0 Å². The Balaban J connectivity index is 2.09. The number of carbonyl (C=O) groups excluding carboxylic acids is 1. The first-order valence-electron chi connectivity index (χ1n) is 7.46. The molecule has 0 aliphatic carbocycles. The maximum absolute atomic E-state index is 12.4. The number of carbonyl (C=O) groups is 2. The van der Waals surface area contributed by atoms with Crippen LogP contribution in [0.5, 0.6) is 0 Å². The lowest BCUT2D eigenvalue weighted by Crippen LogP contribution is -2.14. The topological polar surface area (TPSA) is 92.4 Å². The zero-order chi connectivity index (χ0) is 17.0. The van der Waals surface area contributed by atoms with Crippen molar-refractivity contribution in [1.82, 2.24) is 5.16 Å². The molecular weight excluding hydrogens is 296 g/mol. The maximum Gasteiger partial charge on any atom is 0.303 e. The predicted molar refractivity (Wildman–Crippen MR) is 85.7 cm³/mol. The Morgan fingerprint density at radius 2 is 1.91 bits per heavy atom. The Bertz CT molecular complexity index is 702. The fraction of sp³-hybridized carbons (Fsp3) is 0.353. The molecule has 0 bridgehead atoms. The van der Waals surface area contributed by atoms with E-state index in [1.54, 1.807) is 19.1 Å². The van der Waals surface area contributed by atoms with Crippen LogP contribution < -0.4 is 5.32 Å². The van der Waals surface area contributed by atoms with Gasteiger partial charge in [-0.05, 0) is 31.0 Å². The van der Waals surface area contributed by atoms with Gasteiger partial charge in [0.1, 0.15) is 5.56 Å². The summed E-state index contributed by atoms with van der Waals surface area (Å²) in [5.74, 6) is -0.453. The van der Waals surface area contributed by atoms with E-state index in [9.17, 15) is 9.59 Å². The number of amides is 1. The molecule has 0 fully saturated rings. The number of aryl methyl sites for hydroxylation is 2. The van der Waals surface area contributed by atoms with Crippen LogP contribution in [0.4, 0.5) is 5.69 Å². The molecule has 23 heavy (non-hydrogen) atoms. The summed E-state index contributed by atoms with van der Waals surface area (Å²) in [6, 6.07) is 7.13. The van der Waals surface area contributed by atoms with E-state index in [2.05, 4.69) is 10.5 Å². The van der Waals surface area contributed by atoms with Crippen LogP contribution in [0.15, 0.2) is 28.8 Å². The third kappa shape index (κ3) is 4.18. The summed E-state index contributed by atoms with van der Waals surface area (Å²) in [4.78, 5) is 23.0. The van der Waals surface area contributed by atoms with Crippen LogP contribution in [-0.4, -0.2) is 22.1 Å². The number of rotatable bonds is 6. The summed E-state index contributed by atoms with van der Waals surface area (Å²) in [5.41, 5.74) is 2.58. The van der Waals surface area contributed by atoms with Gasteiger partial charge in [0.25, 0.3) is 5.91 Å². The van der Waals surface area contributed by atoms with Gasteiger partial charge in [0, 0.05) is 18.0 Å². The Morgan fingerprint density at radius 3 is 2.48 bits per heavy atom. The number of aliphatic carboxylic acids is 1. The van der Waals surface area contributed by atoms with Crippen molar-refractivity contribution >= 4 is 17.6 Å². The number of carboxylic acids is 1. The Morgan fingerprint density at radius 1 is 1.26 bits per heavy atom. The van der Waals surface area contributed by atoms with Crippen LogP contribution in [0, 0.1) is 6.92 Å². The average molecular weight is 316 g/mol. The van der Waals surface area contributed by atoms with Gasteiger partial charge in [0.2, 0.25) is 0 Å². The molecule has 1 aromatic carbocycles. The highest BCUT2D eigenvalue weighted by Gasteiger charge is 2.22. The second-order valence-electron chi connectivity index (χ2n) is 5.71. The van der Waals surface area contributed by atoms with Crippen LogP contribution in [0.25, 0.3) is 0 Å². The molecule has 0 saturated heterocycles. The predicted octanol–water partition coefficient (Wildman–Crippen LogP) is 3.38. The lowest BCUT2D eigenvalue weighted by atomic mass is 10.0. The third-order valence-electron chi connectivity index (χ3n) is 3.48. The van der Waals surface area contributed by atoms with Gasteiger partial charge in [-0.25, -0.2) is 0 Å². The molecule has 0 spiro atoms. The number of aromatic nitrogens is 1. The van der Waals surface area contributed by atoms with Crippen LogP contribution >= 0.6 is 0 Å². The van der Waals surface area contributed by atoms with Crippen molar-refractivity contribution in [2.75, 3.05) is 5.32 Å². The number of hydrogen-bond donors (Lipinski definition) is 2. The Hall–Kier alpha value is -2.63. The Labute approximate surface area is 134 Å². The summed E-state index contributed by atoms with van der Waals surface area (Å²) in [6.07, 6.45) is 0.551. The molecule has 0 saturated carbocycles. The van der Waals surface area contributed by atoms with Crippen molar-refractivity contribution in [2.45, 2.75) is 39.5 Å². The third-order valence-corrected chi connectivity index (χ3v) is 3.48. The molecule has 122 valence electrons. The first kappa shape index (κ1) is 16.7. The van der Waals surface area contributed by atoms with Gasteiger partial charge in [-0.3, -0.25) is 9.59 Å². The normalized spacial score (nSPS) is 10.8. The van der Waals surface area contributed by atoms with E-state index >= 15 is 0 Å². The second kappa shape index (κ2) is 7.09. The summed E-state index contributed by atoms with van der Waals surface area (Å²) in [6.45, 7) is 5.61. The fourth-order valence-corrected chi connectivity index (χ4v) is 2.26. The zero-order valence-electron chi connectivity index (χ0n) is 13.4. The van der Waals surface area contributed by atoms with E-state index in [0.717, 1.165) is 5.56 Å².